The van der Waals surface area contributed by atoms with Crippen LogP contribution in [0.25, 0.3) is 0 Å². The summed E-state index contributed by atoms with van der Waals surface area (Å²) in [6.45, 7) is 8.68. The van der Waals surface area contributed by atoms with Gasteiger partial charge in [0, 0.05) is 31.9 Å². The zero-order valence-electron chi connectivity index (χ0n) is 16.2. The van der Waals surface area contributed by atoms with Crippen molar-refractivity contribution >= 4 is 11.6 Å². The normalized spacial score (nSPS) is 16.0. The minimum Gasteiger partial charge on any atom is -0.492 e. The zero-order chi connectivity index (χ0) is 19.1. The lowest BCUT2D eigenvalue weighted by Gasteiger charge is -2.38. The van der Waals surface area contributed by atoms with Crippen LogP contribution < -0.4 is 15.0 Å². The van der Waals surface area contributed by atoms with Crippen molar-refractivity contribution in [2.45, 2.75) is 19.9 Å². The van der Waals surface area contributed by atoms with E-state index in [-0.39, 0.29) is 11.9 Å². The Hall–Kier alpha value is -2.53. The quantitative estimate of drug-likeness (QED) is 0.765. The summed E-state index contributed by atoms with van der Waals surface area (Å²) in [6.07, 6.45) is 0. The molecule has 1 atom stereocenters. The van der Waals surface area contributed by atoms with Gasteiger partial charge in [0.2, 0.25) is 5.91 Å². The van der Waals surface area contributed by atoms with E-state index in [0.29, 0.717) is 13.2 Å². The van der Waals surface area contributed by atoms with Crippen LogP contribution in [0, 0.1) is 6.92 Å². The van der Waals surface area contributed by atoms with Crippen molar-refractivity contribution in [3.8, 4) is 5.75 Å². The van der Waals surface area contributed by atoms with Crippen LogP contribution in [0.2, 0.25) is 0 Å². The van der Waals surface area contributed by atoms with E-state index in [4.69, 9.17) is 4.74 Å². The number of rotatable bonds is 7. The summed E-state index contributed by atoms with van der Waals surface area (Å²) in [5, 5.41) is 2.99. The highest BCUT2D eigenvalue weighted by atomic mass is 16.5. The van der Waals surface area contributed by atoms with Crippen LogP contribution in [-0.4, -0.2) is 56.2 Å². The number of carbonyl (C=O) groups excluding carboxylic acids is 1. The van der Waals surface area contributed by atoms with E-state index in [2.05, 4.69) is 39.4 Å². The highest BCUT2D eigenvalue weighted by Crippen LogP contribution is 2.16. The van der Waals surface area contributed by atoms with E-state index in [1.54, 1.807) is 0 Å². The molecule has 0 aromatic heterocycles. The number of nitrogens with one attached hydrogen (secondary N) is 1. The van der Waals surface area contributed by atoms with Gasteiger partial charge in [0.1, 0.15) is 12.4 Å². The van der Waals surface area contributed by atoms with Gasteiger partial charge in [-0.3, -0.25) is 9.69 Å². The average Bonchev–Trinajstić information content (AvgIpc) is 2.71. The molecule has 144 valence electrons. The molecule has 0 aliphatic carbocycles. The third-order valence-electron chi connectivity index (χ3n) is 5.02. The SMILES string of the molecule is Cc1cccc(OCCNC(=O)C(C)N2CCN(c3ccccc3)CC2)c1. The van der Waals surface area contributed by atoms with E-state index in [1.165, 1.54) is 11.3 Å². The third-order valence-corrected chi connectivity index (χ3v) is 5.02. The lowest BCUT2D eigenvalue weighted by atomic mass is 10.2. The topological polar surface area (TPSA) is 44.8 Å². The first-order valence-corrected chi connectivity index (χ1v) is 9.65. The van der Waals surface area contributed by atoms with Gasteiger partial charge in [0.25, 0.3) is 0 Å². The van der Waals surface area contributed by atoms with Crippen molar-refractivity contribution < 1.29 is 9.53 Å². The molecule has 0 spiro atoms. The lowest BCUT2D eigenvalue weighted by molar-refractivity contribution is -0.126. The molecule has 1 fully saturated rings. The predicted octanol–water partition coefficient (Wildman–Crippen LogP) is 2.70. The molecule has 1 heterocycles. The fourth-order valence-electron chi connectivity index (χ4n) is 3.37. The number of piperazine rings is 1. The molecule has 1 unspecified atom stereocenters. The number of para-hydroxylation sites is 1. The Morgan fingerprint density at radius 2 is 1.81 bits per heavy atom. The minimum atomic E-state index is -0.123. The Labute approximate surface area is 161 Å². The molecule has 1 aliphatic rings. The maximum absolute atomic E-state index is 12.4. The second kappa shape index (κ2) is 9.42. The first kappa shape index (κ1) is 19.2. The van der Waals surface area contributed by atoms with Crippen LogP contribution >= 0.6 is 0 Å². The largest absolute Gasteiger partial charge is 0.492 e. The molecule has 0 bridgehead atoms. The summed E-state index contributed by atoms with van der Waals surface area (Å²) in [4.78, 5) is 17.1. The number of benzene rings is 2. The average molecular weight is 367 g/mol. The van der Waals surface area contributed by atoms with Crippen molar-refractivity contribution in [3.63, 3.8) is 0 Å². The predicted molar refractivity (Wildman–Crippen MR) is 109 cm³/mol. The van der Waals surface area contributed by atoms with Crippen LogP contribution in [0.15, 0.2) is 54.6 Å². The molecule has 0 saturated carbocycles. The van der Waals surface area contributed by atoms with Crippen LogP contribution in [0.4, 0.5) is 5.69 Å². The van der Waals surface area contributed by atoms with Crippen LogP contribution in [0.5, 0.6) is 5.75 Å². The van der Waals surface area contributed by atoms with Gasteiger partial charge >= 0.3 is 0 Å². The van der Waals surface area contributed by atoms with Gasteiger partial charge in [0.15, 0.2) is 0 Å². The van der Waals surface area contributed by atoms with Crippen LogP contribution in [-0.2, 0) is 4.79 Å². The molecule has 2 aromatic carbocycles. The Bertz CT molecular complexity index is 727. The van der Waals surface area contributed by atoms with Crippen molar-refractivity contribution in [3.05, 3.63) is 60.2 Å². The first-order valence-electron chi connectivity index (χ1n) is 9.65. The lowest BCUT2D eigenvalue weighted by Crippen LogP contribution is -2.54. The number of nitrogens with zero attached hydrogens (tertiary/aromatic N) is 2. The number of carbonyl (C=O) groups is 1. The van der Waals surface area contributed by atoms with Gasteiger partial charge in [-0.05, 0) is 43.7 Å². The Balaban J connectivity index is 1.38. The summed E-state index contributed by atoms with van der Waals surface area (Å²) >= 11 is 0. The van der Waals surface area contributed by atoms with Gasteiger partial charge in [-0.1, -0.05) is 30.3 Å². The number of hydrogen-bond acceptors (Lipinski definition) is 4. The van der Waals surface area contributed by atoms with E-state index in [0.717, 1.165) is 31.9 Å². The van der Waals surface area contributed by atoms with Gasteiger partial charge in [0.05, 0.1) is 12.6 Å². The van der Waals surface area contributed by atoms with Crippen molar-refractivity contribution in [2.24, 2.45) is 0 Å². The summed E-state index contributed by atoms with van der Waals surface area (Å²) in [7, 11) is 0. The smallest absolute Gasteiger partial charge is 0.237 e. The summed E-state index contributed by atoms with van der Waals surface area (Å²) < 4.78 is 5.69. The van der Waals surface area contributed by atoms with E-state index >= 15 is 0 Å². The van der Waals surface area contributed by atoms with Crippen molar-refractivity contribution in [1.29, 1.82) is 0 Å². The number of hydrogen-bond donors (Lipinski definition) is 1. The molecule has 0 radical (unpaired) electrons. The van der Waals surface area contributed by atoms with Crippen molar-refractivity contribution in [1.82, 2.24) is 10.2 Å². The van der Waals surface area contributed by atoms with Crippen LogP contribution in [0.3, 0.4) is 0 Å². The molecule has 1 saturated heterocycles. The Morgan fingerprint density at radius 3 is 2.52 bits per heavy atom. The first-order chi connectivity index (χ1) is 13.1. The highest BCUT2D eigenvalue weighted by Gasteiger charge is 2.25. The molecule has 1 N–H and O–H groups in total. The number of aryl methyl sites for hydroxylation is 1. The fraction of sp³-hybridized carbons (Fsp3) is 0.409. The Kier molecular flexibility index (Phi) is 6.71. The molecular formula is C22H29N3O2. The van der Waals surface area contributed by atoms with E-state index < -0.39 is 0 Å². The van der Waals surface area contributed by atoms with Crippen molar-refractivity contribution in [2.75, 3.05) is 44.2 Å². The standard InChI is InChI=1S/C22H29N3O2/c1-18-7-6-10-21(17-18)27-16-11-23-22(26)19(2)24-12-14-25(15-13-24)20-8-4-3-5-9-20/h3-10,17,19H,11-16H2,1-2H3,(H,23,26). The number of anilines is 1. The van der Waals surface area contributed by atoms with E-state index in [9.17, 15) is 4.79 Å². The second-order valence-electron chi connectivity index (χ2n) is 6.99. The molecule has 1 amide bonds. The second-order valence-corrected chi connectivity index (χ2v) is 6.99. The molecule has 2 aromatic rings. The maximum Gasteiger partial charge on any atom is 0.237 e. The number of amides is 1. The third kappa shape index (κ3) is 5.47. The summed E-state index contributed by atoms with van der Waals surface area (Å²) in [5.74, 6) is 0.908. The molecule has 27 heavy (non-hydrogen) atoms. The monoisotopic (exact) mass is 367 g/mol. The molecular weight excluding hydrogens is 338 g/mol. The summed E-state index contributed by atoms with van der Waals surface area (Å²) in [5.41, 5.74) is 2.42. The van der Waals surface area contributed by atoms with Gasteiger partial charge < -0.3 is 15.0 Å². The zero-order valence-corrected chi connectivity index (χ0v) is 16.2. The Morgan fingerprint density at radius 1 is 1.07 bits per heavy atom. The molecule has 1 aliphatic heterocycles. The summed E-state index contributed by atoms with van der Waals surface area (Å²) in [6, 6.07) is 18.3. The van der Waals surface area contributed by atoms with Gasteiger partial charge in [-0.25, -0.2) is 0 Å². The maximum atomic E-state index is 12.4. The fourth-order valence-corrected chi connectivity index (χ4v) is 3.37. The molecule has 3 rings (SSSR count). The van der Waals surface area contributed by atoms with E-state index in [1.807, 2.05) is 44.2 Å². The minimum absolute atomic E-state index is 0.0657. The molecule has 5 heteroatoms. The highest BCUT2D eigenvalue weighted by molar-refractivity contribution is 5.81. The van der Waals surface area contributed by atoms with Crippen LogP contribution in [0.1, 0.15) is 12.5 Å². The van der Waals surface area contributed by atoms with Gasteiger partial charge in [-0.15, -0.1) is 0 Å². The van der Waals surface area contributed by atoms with Gasteiger partial charge in [-0.2, -0.15) is 0 Å². The number of ether oxygens (including phenoxy) is 1. The molecule has 5 nitrogen and oxygen atoms in total.